The third-order valence-electron chi connectivity index (χ3n) is 8.59. The van der Waals surface area contributed by atoms with E-state index in [9.17, 15) is 0 Å². The number of methoxy groups -OCH3 is 1. The number of ether oxygens (including phenoxy) is 4. The Morgan fingerprint density at radius 2 is 1.88 bits per heavy atom. The van der Waals surface area contributed by atoms with Gasteiger partial charge in [0.15, 0.2) is 0 Å². The molecule has 2 aliphatic heterocycles. The predicted octanol–water partition coefficient (Wildman–Crippen LogP) is 5.28. The topological polar surface area (TPSA) is 64.2 Å². The molecule has 7 nitrogen and oxygen atoms in total. The third-order valence-corrected chi connectivity index (χ3v) is 8.59. The van der Waals surface area contributed by atoms with Crippen molar-refractivity contribution in [3.8, 4) is 11.5 Å². The van der Waals surface area contributed by atoms with Crippen LogP contribution in [0.3, 0.4) is 0 Å². The van der Waals surface area contributed by atoms with Crippen molar-refractivity contribution in [2.24, 2.45) is 0 Å². The minimum absolute atomic E-state index is 0.136. The highest BCUT2D eigenvalue weighted by Gasteiger charge is 2.27. The molecule has 2 fully saturated rings. The number of hydrogen-bond donors (Lipinski definition) is 2. The Bertz CT molecular complexity index is 1010. The van der Waals surface area contributed by atoms with E-state index in [2.05, 4.69) is 58.0 Å². The van der Waals surface area contributed by atoms with Crippen LogP contribution in [0.5, 0.6) is 11.5 Å². The van der Waals surface area contributed by atoms with Gasteiger partial charge in [-0.25, -0.2) is 0 Å². The maximum atomic E-state index is 6.55. The van der Waals surface area contributed by atoms with Gasteiger partial charge in [-0.05, 0) is 80.6 Å². The second kappa shape index (κ2) is 15.6. The number of benzene rings is 2. The Balaban J connectivity index is 1.10. The summed E-state index contributed by atoms with van der Waals surface area (Å²) in [6.45, 7) is 7.67. The maximum absolute atomic E-state index is 6.55. The van der Waals surface area contributed by atoms with Gasteiger partial charge < -0.3 is 34.5 Å². The molecule has 5 rings (SSSR count). The molecule has 2 atom stereocenters. The van der Waals surface area contributed by atoms with Crippen molar-refractivity contribution >= 4 is 5.69 Å². The number of nitrogens with zero attached hydrogens (tertiary/aromatic N) is 1. The first kappa shape index (κ1) is 29.2. The van der Waals surface area contributed by atoms with Crippen molar-refractivity contribution in [1.82, 2.24) is 10.6 Å². The highest BCUT2D eigenvalue weighted by atomic mass is 16.5. The summed E-state index contributed by atoms with van der Waals surface area (Å²) in [4.78, 5) is 2.41. The first-order valence-corrected chi connectivity index (χ1v) is 15.6. The molecule has 3 aliphatic rings. The molecule has 0 radical (unpaired) electrons. The van der Waals surface area contributed by atoms with E-state index >= 15 is 0 Å². The first-order chi connectivity index (χ1) is 19.8. The van der Waals surface area contributed by atoms with Crippen LogP contribution in [-0.4, -0.2) is 71.8 Å². The molecular formula is C33H49N3O4. The van der Waals surface area contributed by atoms with Gasteiger partial charge in [0.25, 0.3) is 0 Å². The second-order valence-electron chi connectivity index (χ2n) is 11.5. The van der Waals surface area contributed by atoms with Gasteiger partial charge >= 0.3 is 0 Å². The lowest BCUT2D eigenvalue weighted by molar-refractivity contribution is 0.0106. The summed E-state index contributed by atoms with van der Waals surface area (Å²) in [7, 11) is 1.76. The number of anilines is 1. The highest BCUT2D eigenvalue weighted by Crippen LogP contribution is 2.34. The normalized spacial score (nSPS) is 21.6. The Morgan fingerprint density at radius 1 is 1.00 bits per heavy atom. The summed E-state index contributed by atoms with van der Waals surface area (Å²) >= 11 is 0. The van der Waals surface area contributed by atoms with Gasteiger partial charge in [-0.2, -0.15) is 0 Å². The molecule has 0 spiro atoms. The summed E-state index contributed by atoms with van der Waals surface area (Å²) in [6.07, 6.45) is 10.1. The summed E-state index contributed by atoms with van der Waals surface area (Å²) in [6, 6.07) is 15.9. The highest BCUT2D eigenvalue weighted by molar-refractivity contribution is 5.61. The lowest BCUT2D eigenvalue weighted by Crippen LogP contribution is -2.41. The number of rotatable bonds is 14. The van der Waals surface area contributed by atoms with Gasteiger partial charge in [0.2, 0.25) is 0 Å². The van der Waals surface area contributed by atoms with Gasteiger partial charge in [0, 0.05) is 38.8 Å². The van der Waals surface area contributed by atoms with Crippen molar-refractivity contribution in [1.29, 1.82) is 0 Å². The van der Waals surface area contributed by atoms with Crippen LogP contribution in [0.1, 0.15) is 68.4 Å². The molecule has 1 saturated heterocycles. The zero-order valence-corrected chi connectivity index (χ0v) is 24.4. The molecule has 2 N–H and O–H groups in total. The average Bonchev–Trinajstić information content (AvgIpc) is 3.01. The Labute approximate surface area is 240 Å². The monoisotopic (exact) mass is 551 g/mol. The van der Waals surface area contributed by atoms with Crippen LogP contribution in [0.4, 0.5) is 5.69 Å². The Kier molecular flexibility index (Phi) is 11.4. The van der Waals surface area contributed by atoms with Gasteiger partial charge in [-0.15, -0.1) is 0 Å². The molecule has 220 valence electrons. The fraction of sp³-hybridized carbons (Fsp3) is 0.636. The zero-order chi connectivity index (χ0) is 27.4. The van der Waals surface area contributed by atoms with E-state index in [0.717, 1.165) is 89.3 Å². The van der Waals surface area contributed by atoms with Crippen molar-refractivity contribution < 1.29 is 18.9 Å². The van der Waals surface area contributed by atoms with Crippen LogP contribution in [0.25, 0.3) is 0 Å². The number of piperidine rings is 1. The summed E-state index contributed by atoms with van der Waals surface area (Å²) in [5.41, 5.74) is 3.69. The van der Waals surface area contributed by atoms with Gasteiger partial charge in [-0.1, -0.05) is 37.5 Å². The standard InChI is InChI=1S/C33H49N3O4/c1-37-20-6-18-36-19-22-39-32-14-9-26(23-31(32)36)25-40-33-24-34-17-15-30(33)27-10-12-29(13-11-27)38-21-5-16-35-28-7-3-2-4-8-28/h9-14,23,28,30,33-35H,2-8,15-22,24-25H2,1H3. The van der Waals surface area contributed by atoms with E-state index < -0.39 is 0 Å². The summed E-state index contributed by atoms with van der Waals surface area (Å²) in [5.74, 6) is 2.30. The van der Waals surface area contributed by atoms with Crippen molar-refractivity contribution in [3.63, 3.8) is 0 Å². The van der Waals surface area contributed by atoms with E-state index in [1.54, 1.807) is 7.11 Å². The molecule has 2 unspecified atom stereocenters. The van der Waals surface area contributed by atoms with Gasteiger partial charge in [0.05, 0.1) is 31.5 Å². The third kappa shape index (κ3) is 8.35. The fourth-order valence-corrected chi connectivity index (χ4v) is 6.32. The van der Waals surface area contributed by atoms with E-state index in [0.29, 0.717) is 12.5 Å². The predicted molar refractivity (Wildman–Crippen MR) is 161 cm³/mol. The lowest BCUT2D eigenvalue weighted by Gasteiger charge is -2.33. The van der Waals surface area contributed by atoms with E-state index in [1.165, 1.54) is 48.9 Å². The molecule has 2 aromatic rings. The second-order valence-corrected chi connectivity index (χ2v) is 11.5. The molecular weight excluding hydrogens is 502 g/mol. The largest absolute Gasteiger partial charge is 0.494 e. The van der Waals surface area contributed by atoms with Crippen LogP contribution in [-0.2, 0) is 16.1 Å². The summed E-state index contributed by atoms with van der Waals surface area (Å²) in [5, 5.41) is 7.24. The van der Waals surface area contributed by atoms with Gasteiger partial charge in [0.1, 0.15) is 18.1 Å². The summed E-state index contributed by atoms with van der Waals surface area (Å²) < 4.78 is 23.8. The molecule has 7 heteroatoms. The number of hydrogen-bond acceptors (Lipinski definition) is 7. The zero-order valence-electron chi connectivity index (χ0n) is 24.4. The SMILES string of the molecule is COCCCN1CCOc2ccc(COC3CNCCC3c3ccc(OCCCNC4CCCCC4)cc3)cc21. The molecule has 40 heavy (non-hydrogen) atoms. The smallest absolute Gasteiger partial charge is 0.142 e. The molecule has 0 bridgehead atoms. The van der Waals surface area contributed by atoms with Crippen LogP contribution >= 0.6 is 0 Å². The Hall–Kier alpha value is -2.32. The Morgan fingerprint density at radius 3 is 2.73 bits per heavy atom. The molecule has 2 aromatic carbocycles. The van der Waals surface area contributed by atoms with Crippen molar-refractivity contribution in [3.05, 3.63) is 53.6 Å². The average molecular weight is 552 g/mol. The van der Waals surface area contributed by atoms with Crippen LogP contribution in [0.2, 0.25) is 0 Å². The fourth-order valence-electron chi connectivity index (χ4n) is 6.32. The quantitative estimate of drug-likeness (QED) is 0.310. The number of nitrogens with one attached hydrogen (secondary N) is 2. The van der Waals surface area contributed by atoms with Crippen molar-refractivity contribution in [2.75, 3.05) is 64.6 Å². The minimum Gasteiger partial charge on any atom is -0.494 e. The van der Waals surface area contributed by atoms with E-state index in [-0.39, 0.29) is 6.10 Å². The van der Waals surface area contributed by atoms with Crippen molar-refractivity contribution in [2.45, 2.75) is 76.0 Å². The molecule has 1 aliphatic carbocycles. The van der Waals surface area contributed by atoms with E-state index in [1.807, 2.05) is 0 Å². The minimum atomic E-state index is 0.136. The molecule has 2 heterocycles. The van der Waals surface area contributed by atoms with E-state index in [4.69, 9.17) is 18.9 Å². The molecule has 0 aromatic heterocycles. The first-order valence-electron chi connectivity index (χ1n) is 15.6. The van der Waals surface area contributed by atoms with Crippen LogP contribution in [0.15, 0.2) is 42.5 Å². The maximum Gasteiger partial charge on any atom is 0.142 e. The molecule has 0 amide bonds. The number of fused-ring (bicyclic) bond motifs is 1. The lowest BCUT2D eigenvalue weighted by atomic mass is 9.87. The van der Waals surface area contributed by atoms with Gasteiger partial charge in [-0.3, -0.25) is 0 Å². The van der Waals surface area contributed by atoms with Crippen LogP contribution in [0, 0.1) is 0 Å². The van der Waals surface area contributed by atoms with Crippen LogP contribution < -0.4 is 25.0 Å². The molecule has 1 saturated carbocycles.